The van der Waals surface area contributed by atoms with Gasteiger partial charge in [0.25, 0.3) is 0 Å². The Morgan fingerprint density at radius 2 is 1.21 bits per heavy atom. The van der Waals surface area contributed by atoms with Crippen molar-refractivity contribution in [1.82, 2.24) is 0 Å². The molecule has 0 saturated heterocycles. The van der Waals surface area contributed by atoms with Crippen molar-refractivity contribution in [3.05, 3.63) is 0 Å². The van der Waals surface area contributed by atoms with Gasteiger partial charge in [0.1, 0.15) is 0 Å². The topological polar surface area (TPSA) is 127 Å². The molecule has 0 aromatic heterocycles. The van der Waals surface area contributed by atoms with Crippen molar-refractivity contribution in [3.8, 4) is 0 Å². The van der Waals surface area contributed by atoms with Crippen molar-refractivity contribution in [2.75, 3.05) is 0 Å². The Hall–Kier alpha value is -0.440. The second-order valence-electron chi connectivity index (χ2n) is 2.99. The first-order chi connectivity index (χ1) is 6.09. The van der Waals surface area contributed by atoms with E-state index in [1.807, 2.05) is 0 Å². The van der Waals surface area contributed by atoms with Crippen molar-refractivity contribution < 1.29 is 19.8 Å². The Morgan fingerprint density at radius 3 is 1.36 bits per heavy atom. The Bertz CT molecular complexity index is 228. The molecule has 0 radical (unpaired) electrons. The zero-order valence-electron chi connectivity index (χ0n) is 7.68. The van der Waals surface area contributed by atoms with Crippen molar-refractivity contribution in [1.29, 1.82) is 0 Å². The molecule has 0 aliphatic heterocycles. The summed E-state index contributed by atoms with van der Waals surface area (Å²) in [5, 5.41) is 17.3. The third kappa shape index (κ3) is 3.74. The summed E-state index contributed by atoms with van der Waals surface area (Å²) in [5.74, 6) is -2.45. The molecule has 0 spiro atoms. The SMILES string of the molecule is CC(N)(SSC(C)(N)C(=O)O)C(=O)O. The zero-order chi connectivity index (χ0) is 11.6. The third-order valence-corrected chi connectivity index (χ3v) is 4.69. The predicted octanol–water partition coefficient (Wildman–Crippen LogP) is -0.113. The highest BCUT2D eigenvalue weighted by Crippen LogP contribution is 2.39. The summed E-state index contributed by atoms with van der Waals surface area (Å²) >= 11 is 0. The maximum absolute atomic E-state index is 10.6. The van der Waals surface area contributed by atoms with Crippen LogP contribution in [0.4, 0.5) is 0 Å². The van der Waals surface area contributed by atoms with E-state index in [0.717, 1.165) is 0 Å². The fourth-order valence-corrected chi connectivity index (χ4v) is 2.20. The molecule has 0 aliphatic carbocycles. The van der Waals surface area contributed by atoms with Gasteiger partial charge in [-0.2, -0.15) is 0 Å². The van der Waals surface area contributed by atoms with Gasteiger partial charge in [0.05, 0.1) is 0 Å². The Labute approximate surface area is 88.8 Å². The molecule has 6 N–H and O–H groups in total. The number of aliphatic carboxylic acids is 2. The number of carboxylic acid groups (broad SMARTS) is 2. The van der Waals surface area contributed by atoms with Crippen molar-refractivity contribution in [3.63, 3.8) is 0 Å². The minimum absolute atomic E-state index is 0.711. The van der Waals surface area contributed by atoms with Crippen molar-refractivity contribution >= 4 is 33.5 Å². The fraction of sp³-hybridized carbons (Fsp3) is 0.667. The van der Waals surface area contributed by atoms with Crippen molar-refractivity contribution in [2.24, 2.45) is 11.5 Å². The molecule has 0 aromatic rings. The lowest BCUT2D eigenvalue weighted by Gasteiger charge is -2.23. The second-order valence-corrected chi connectivity index (χ2v) is 6.02. The van der Waals surface area contributed by atoms with E-state index in [-0.39, 0.29) is 0 Å². The van der Waals surface area contributed by atoms with Crippen LogP contribution in [0.1, 0.15) is 13.8 Å². The van der Waals surface area contributed by atoms with Gasteiger partial charge in [0, 0.05) is 0 Å². The quantitative estimate of drug-likeness (QED) is 0.387. The van der Waals surface area contributed by atoms with E-state index >= 15 is 0 Å². The predicted molar refractivity (Wildman–Crippen MR) is 55.6 cm³/mol. The van der Waals surface area contributed by atoms with Crippen molar-refractivity contribution in [2.45, 2.75) is 23.6 Å². The average Bonchev–Trinajstić information content (AvgIpc) is 2.01. The number of hydrogen-bond acceptors (Lipinski definition) is 6. The van der Waals surface area contributed by atoms with Gasteiger partial charge in [-0.3, -0.25) is 0 Å². The highest BCUT2D eigenvalue weighted by atomic mass is 33.1. The summed E-state index contributed by atoms with van der Waals surface area (Å²) in [7, 11) is 1.42. The molecule has 14 heavy (non-hydrogen) atoms. The zero-order valence-corrected chi connectivity index (χ0v) is 9.32. The van der Waals surface area contributed by atoms with E-state index in [1.165, 1.54) is 13.8 Å². The first kappa shape index (κ1) is 13.6. The van der Waals surface area contributed by atoms with Gasteiger partial charge in [-0.05, 0) is 13.8 Å². The number of carboxylic acids is 2. The maximum atomic E-state index is 10.6. The van der Waals surface area contributed by atoms with Gasteiger partial charge in [0.2, 0.25) is 0 Å². The average molecular weight is 240 g/mol. The normalized spacial score (nSPS) is 19.4. The van der Waals surface area contributed by atoms with E-state index in [9.17, 15) is 9.59 Å². The first-order valence-corrected chi connectivity index (χ1v) is 5.66. The van der Waals surface area contributed by atoms with E-state index in [0.29, 0.717) is 21.6 Å². The van der Waals surface area contributed by atoms with E-state index in [2.05, 4.69) is 0 Å². The van der Waals surface area contributed by atoms with Crippen LogP contribution in [0.25, 0.3) is 0 Å². The maximum Gasteiger partial charge on any atom is 0.334 e. The van der Waals surface area contributed by atoms with Gasteiger partial charge in [0.15, 0.2) is 9.74 Å². The standard InChI is InChI=1S/C6H12N2O4S2/c1-5(7,3(9)10)13-14-6(2,8)4(11)12/h7-8H2,1-2H3,(H,9,10)(H,11,12). The van der Waals surface area contributed by atoms with Crippen LogP contribution in [0.15, 0.2) is 0 Å². The van der Waals surface area contributed by atoms with Crippen LogP contribution in [0.3, 0.4) is 0 Å². The fourth-order valence-electron chi connectivity index (χ4n) is 0.244. The van der Waals surface area contributed by atoms with Crippen LogP contribution >= 0.6 is 21.6 Å². The number of nitrogens with two attached hydrogens (primary N) is 2. The van der Waals surface area contributed by atoms with E-state index in [4.69, 9.17) is 21.7 Å². The summed E-state index contributed by atoms with van der Waals surface area (Å²) in [6, 6.07) is 0. The van der Waals surface area contributed by atoms with E-state index in [1.54, 1.807) is 0 Å². The minimum Gasteiger partial charge on any atom is -0.479 e. The smallest absolute Gasteiger partial charge is 0.334 e. The molecule has 2 unspecified atom stereocenters. The molecule has 0 rings (SSSR count). The Kier molecular flexibility index (Phi) is 4.25. The molecule has 6 nitrogen and oxygen atoms in total. The lowest BCUT2D eigenvalue weighted by Crippen LogP contribution is -2.44. The van der Waals surface area contributed by atoms with Crippen LogP contribution < -0.4 is 11.5 Å². The van der Waals surface area contributed by atoms with Gasteiger partial charge < -0.3 is 21.7 Å². The molecule has 0 fully saturated rings. The molecule has 0 heterocycles. The van der Waals surface area contributed by atoms with Crippen LogP contribution in [0.2, 0.25) is 0 Å². The number of hydrogen-bond donors (Lipinski definition) is 4. The summed E-state index contributed by atoms with van der Waals surface area (Å²) in [4.78, 5) is 18.0. The molecular formula is C6H12N2O4S2. The lowest BCUT2D eigenvalue weighted by atomic mass is 10.4. The lowest BCUT2D eigenvalue weighted by molar-refractivity contribution is -0.140. The molecule has 0 saturated carbocycles. The van der Waals surface area contributed by atoms with Crippen LogP contribution in [0.5, 0.6) is 0 Å². The molecule has 2 atom stereocenters. The van der Waals surface area contributed by atoms with Gasteiger partial charge in [-0.25, -0.2) is 9.59 Å². The van der Waals surface area contributed by atoms with E-state index < -0.39 is 21.7 Å². The largest absolute Gasteiger partial charge is 0.479 e. The highest BCUT2D eigenvalue weighted by Gasteiger charge is 2.36. The number of carbonyl (C=O) groups is 2. The summed E-state index contributed by atoms with van der Waals surface area (Å²) in [6.07, 6.45) is 0. The number of rotatable bonds is 5. The van der Waals surface area contributed by atoms with Crippen LogP contribution in [-0.4, -0.2) is 31.9 Å². The Morgan fingerprint density at radius 1 is 1.00 bits per heavy atom. The molecule has 0 aliphatic rings. The van der Waals surface area contributed by atoms with Crippen LogP contribution in [0, 0.1) is 0 Å². The van der Waals surface area contributed by atoms with Crippen LogP contribution in [-0.2, 0) is 9.59 Å². The Balaban J connectivity index is 4.32. The second kappa shape index (κ2) is 4.39. The summed E-state index contributed by atoms with van der Waals surface area (Å²) in [5.41, 5.74) is 10.7. The molecule has 82 valence electrons. The third-order valence-electron chi connectivity index (χ3n) is 1.24. The highest BCUT2D eigenvalue weighted by molar-refractivity contribution is 8.78. The van der Waals surface area contributed by atoms with Gasteiger partial charge >= 0.3 is 11.9 Å². The van der Waals surface area contributed by atoms with Gasteiger partial charge in [-0.15, -0.1) is 0 Å². The minimum atomic E-state index is -1.55. The first-order valence-electron chi connectivity index (χ1n) is 3.51. The molecule has 0 bridgehead atoms. The van der Waals surface area contributed by atoms with Gasteiger partial charge in [-0.1, -0.05) is 21.6 Å². The molecule has 0 amide bonds. The summed E-state index contributed by atoms with van der Waals surface area (Å²) < 4.78 is 0. The molecule has 8 heteroatoms. The monoisotopic (exact) mass is 240 g/mol. The molecular weight excluding hydrogens is 228 g/mol. The summed E-state index contributed by atoms with van der Waals surface area (Å²) in [6.45, 7) is 2.54. The molecule has 0 aromatic carbocycles.